The average molecular weight is 306 g/mol. The molecule has 0 bridgehead atoms. The van der Waals surface area contributed by atoms with Crippen molar-refractivity contribution < 1.29 is 0 Å². The minimum Gasteiger partial charge on any atom is -0.361 e. The van der Waals surface area contributed by atoms with Crippen LogP contribution in [-0.4, -0.2) is 35.6 Å². The summed E-state index contributed by atoms with van der Waals surface area (Å²) in [5.41, 5.74) is 2.45. The summed E-state index contributed by atoms with van der Waals surface area (Å²) in [5, 5.41) is 5.77. The van der Waals surface area contributed by atoms with E-state index in [0.29, 0.717) is 6.04 Å². The number of rotatable bonds is 5. The second kappa shape index (κ2) is 6.82. The van der Waals surface area contributed by atoms with Crippen LogP contribution in [0.25, 0.3) is 10.9 Å². The Morgan fingerprint density at radius 3 is 2.90 bits per heavy atom. The number of fused-ring (bicyclic) bond motifs is 1. The summed E-state index contributed by atoms with van der Waals surface area (Å²) in [6.45, 7) is 6.90. The van der Waals surface area contributed by atoms with Gasteiger partial charge in [-0.05, 0) is 56.6 Å². The van der Waals surface area contributed by atoms with Gasteiger partial charge in [-0.15, -0.1) is 0 Å². The molecule has 2 heterocycles. The number of hydrogen-bond acceptors (Lipinski definition) is 2. The predicted octanol–water partition coefficient (Wildman–Crippen LogP) is 3.79. The summed E-state index contributed by atoms with van der Waals surface area (Å²) in [7, 11) is 0. The molecule has 2 N–H and O–H groups in total. The Bertz CT molecular complexity index is 585. The molecule has 4 heteroatoms. The van der Waals surface area contributed by atoms with Crippen LogP contribution in [0.4, 0.5) is 0 Å². The van der Waals surface area contributed by atoms with Gasteiger partial charge in [0.1, 0.15) is 0 Å². The standard InChI is InChI=1S/C17H24ClN3/c1-2-7-21-8-5-15(6-9-21)19-11-13-12-20-17-10-14(18)3-4-16(13)17/h3-4,10,12,15,19-20H,2,5-9,11H2,1H3. The second-order valence-corrected chi connectivity index (χ2v) is 6.44. The molecule has 0 atom stereocenters. The zero-order valence-corrected chi connectivity index (χ0v) is 13.4. The first-order chi connectivity index (χ1) is 10.3. The summed E-state index contributed by atoms with van der Waals surface area (Å²) in [6, 6.07) is 6.71. The zero-order valence-electron chi connectivity index (χ0n) is 12.7. The molecule has 0 radical (unpaired) electrons. The highest BCUT2D eigenvalue weighted by Crippen LogP contribution is 2.22. The molecule has 3 rings (SSSR count). The molecular weight excluding hydrogens is 282 g/mol. The number of likely N-dealkylation sites (tertiary alicyclic amines) is 1. The molecule has 1 aliphatic rings. The van der Waals surface area contributed by atoms with Crippen LogP contribution < -0.4 is 5.32 Å². The largest absolute Gasteiger partial charge is 0.361 e. The van der Waals surface area contributed by atoms with Gasteiger partial charge in [-0.1, -0.05) is 24.6 Å². The van der Waals surface area contributed by atoms with Gasteiger partial charge in [0.25, 0.3) is 0 Å². The van der Waals surface area contributed by atoms with Crippen LogP contribution in [0, 0.1) is 0 Å². The summed E-state index contributed by atoms with van der Waals surface area (Å²) >= 11 is 6.03. The maximum Gasteiger partial charge on any atom is 0.0472 e. The third kappa shape index (κ3) is 3.60. The smallest absolute Gasteiger partial charge is 0.0472 e. The number of hydrogen-bond donors (Lipinski definition) is 2. The molecule has 3 nitrogen and oxygen atoms in total. The second-order valence-electron chi connectivity index (χ2n) is 6.00. The van der Waals surface area contributed by atoms with E-state index in [2.05, 4.69) is 34.4 Å². The van der Waals surface area contributed by atoms with Crippen LogP contribution >= 0.6 is 11.6 Å². The van der Waals surface area contributed by atoms with Crippen molar-refractivity contribution in [3.05, 3.63) is 35.0 Å². The van der Waals surface area contributed by atoms with Crippen molar-refractivity contribution >= 4 is 22.5 Å². The van der Waals surface area contributed by atoms with Gasteiger partial charge < -0.3 is 15.2 Å². The fourth-order valence-corrected chi connectivity index (χ4v) is 3.41. The Morgan fingerprint density at radius 1 is 1.33 bits per heavy atom. The number of H-pyrrole nitrogens is 1. The third-order valence-electron chi connectivity index (χ3n) is 4.44. The van der Waals surface area contributed by atoms with Crippen LogP contribution in [0.1, 0.15) is 31.7 Å². The van der Waals surface area contributed by atoms with E-state index < -0.39 is 0 Å². The highest BCUT2D eigenvalue weighted by Gasteiger charge is 2.18. The van der Waals surface area contributed by atoms with Gasteiger partial charge >= 0.3 is 0 Å². The fourth-order valence-electron chi connectivity index (χ4n) is 3.24. The van der Waals surface area contributed by atoms with E-state index in [1.54, 1.807) is 0 Å². The molecule has 0 saturated carbocycles. The predicted molar refractivity (Wildman–Crippen MR) is 89.9 cm³/mol. The molecule has 1 fully saturated rings. The quantitative estimate of drug-likeness (QED) is 0.880. The fraction of sp³-hybridized carbons (Fsp3) is 0.529. The number of aromatic nitrogens is 1. The van der Waals surface area contributed by atoms with Gasteiger partial charge in [0.05, 0.1) is 0 Å². The lowest BCUT2D eigenvalue weighted by Crippen LogP contribution is -2.42. The lowest BCUT2D eigenvalue weighted by Gasteiger charge is -2.32. The molecule has 1 saturated heterocycles. The van der Waals surface area contributed by atoms with Crippen molar-refractivity contribution in [3.63, 3.8) is 0 Å². The maximum absolute atomic E-state index is 6.03. The molecule has 1 aliphatic heterocycles. The molecule has 0 spiro atoms. The highest BCUT2D eigenvalue weighted by atomic mass is 35.5. The van der Waals surface area contributed by atoms with Crippen LogP contribution in [-0.2, 0) is 6.54 Å². The first-order valence-corrected chi connectivity index (χ1v) is 8.35. The molecule has 21 heavy (non-hydrogen) atoms. The molecular formula is C17H24ClN3. The van der Waals surface area contributed by atoms with Crippen LogP contribution in [0.5, 0.6) is 0 Å². The molecule has 1 aromatic heterocycles. The third-order valence-corrected chi connectivity index (χ3v) is 4.67. The van der Waals surface area contributed by atoms with E-state index >= 15 is 0 Å². The molecule has 0 aliphatic carbocycles. The van der Waals surface area contributed by atoms with Gasteiger partial charge in [-0.3, -0.25) is 0 Å². The Kier molecular flexibility index (Phi) is 4.84. The first kappa shape index (κ1) is 14.9. The van der Waals surface area contributed by atoms with Crippen molar-refractivity contribution in [2.24, 2.45) is 0 Å². The number of aromatic amines is 1. The minimum atomic E-state index is 0.648. The van der Waals surface area contributed by atoms with Gasteiger partial charge in [-0.2, -0.15) is 0 Å². The lowest BCUT2D eigenvalue weighted by molar-refractivity contribution is 0.197. The van der Waals surface area contributed by atoms with Crippen molar-refractivity contribution in [1.29, 1.82) is 0 Å². The number of benzene rings is 1. The number of piperidine rings is 1. The number of nitrogens with one attached hydrogen (secondary N) is 2. The Morgan fingerprint density at radius 2 is 2.14 bits per heavy atom. The summed E-state index contributed by atoms with van der Waals surface area (Å²) in [6.07, 6.45) is 5.87. The van der Waals surface area contributed by atoms with Crippen molar-refractivity contribution in [2.75, 3.05) is 19.6 Å². The Balaban J connectivity index is 1.55. The minimum absolute atomic E-state index is 0.648. The number of halogens is 1. The Labute approximate surface area is 131 Å². The van der Waals surface area contributed by atoms with Crippen molar-refractivity contribution in [2.45, 2.75) is 38.8 Å². The van der Waals surface area contributed by atoms with Crippen molar-refractivity contribution in [1.82, 2.24) is 15.2 Å². The molecule has 0 amide bonds. The van der Waals surface area contributed by atoms with Crippen LogP contribution in [0.3, 0.4) is 0 Å². The SMILES string of the molecule is CCCN1CCC(NCc2c[nH]c3cc(Cl)ccc23)CC1. The van der Waals surface area contributed by atoms with E-state index in [1.807, 2.05) is 12.1 Å². The van der Waals surface area contributed by atoms with E-state index in [1.165, 1.54) is 49.8 Å². The van der Waals surface area contributed by atoms with Gasteiger partial charge in [0.15, 0.2) is 0 Å². The first-order valence-electron chi connectivity index (χ1n) is 7.97. The Hall–Kier alpha value is -1.03. The number of nitrogens with zero attached hydrogens (tertiary/aromatic N) is 1. The molecule has 1 aromatic carbocycles. The van der Waals surface area contributed by atoms with E-state index in [4.69, 9.17) is 11.6 Å². The van der Waals surface area contributed by atoms with E-state index in [9.17, 15) is 0 Å². The molecule has 2 aromatic rings. The highest BCUT2D eigenvalue weighted by molar-refractivity contribution is 6.31. The van der Waals surface area contributed by atoms with E-state index in [0.717, 1.165) is 17.1 Å². The van der Waals surface area contributed by atoms with Gasteiger partial charge in [0.2, 0.25) is 0 Å². The van der Waals surface area contributed by atoms with E-state index in [-0.39, 0.29) is 0 Å². The van der Waals surface area contributed by atoms with Gasteiger partial charge in [-0.25, -0.2) is 0 Å². The normalized spacial score (nSPS) is 17.6. The summed E-state index contributed by atoms with van der Waals surface area (Å²) in [5.74, 6) is 0. The zero-order chi connectivity index (χ0) is 14.7. The topological polar surface area (TPSA) is 31.1 Å². The van der Waals surface area contributed by atoms with Gasteiger partial charge in [0, 0.05) is 34.7 Å². The monoisotopic (exact) mass is 305 g/mol. The summed E-state index contributed by atoms with van der Waals surface area (Å²) in [4.78, 5) is 5.88. The van der Waals surface area contributed by atoms with Crippen LogP contribution in [0.15, 0.2) is 24.4 Å². The average Bonchev–Trinajstić information content (AvgIpc) is 2.89. The van der Waals surface area contributed by atoms with Crippen LogP contribution in [0.2, 0.25) is 5.02 Å². The van der Waals surface area contributed by atoms with Crippen molar-refractivity contribution in [3.8, 4) is 0 Å². The lowest BCUT2D eigenvalue weighted by atomic mass is 10.0. The molecule has 0 unspecified atom stereocenters. The maximum atomic E-state index is 6.03. The molecule has 114 valence electrons. The summed E-state index contributed by atoms with van der Waals surface area (Å²) < 4.78 is 0.